The van der Waals surface area contributed by atoms with E-state index in [-0.39, 0.29) is 24.6 Å². The second kappa shape index (κ2) is 5.78. The maximum atomic E-state index is 12.5. The molecule has 1 aliphatic heterocycles. The molecule has 114 valence electrons. The average molecular weight is 314 g/mol. The smallest absolute Gasteiger partial charge is 0.293 e. The van der Waals surface area contributed by atoms with E-state index in [1.807, 2.05) is 0 Å². The van der Waals surface area contributed by atoms with Gasteiger partial charge in [0.2, 0.25) is 10.0 Å². The van der Waals surface area contributed by atoms with Gasteiger partial charge >= 0.3 is 0 Å². The van der Waals surface area contributed by atoms with Gasteiger partial charge < -0.3 is 4.74 Å². The van der Waals surface area contributed by atoms with E-state index in [0.717, 1.165) is 16.4 Å². The van der Waals surface area contributed by atoms with Gasteiger partial charge in [0.25, 0.3) is 5.69 Å². The average Bonchev–Trinajstić information content (AvgIpc) is 2.46. The summed E-state index contributed by atoms with van der Waals surface area (Å²) in [6.07, 6.45) is 0.749. The Labute approximate surface area is 121 Å². The summed E-state index contributed by atoms with van der Waals surface area (Å²) in [5.41, 5.74) is -0.563. The van der Waals surface area contributed by atoms with Crippen LogP contribution in [0.4, 0.5) is 5.69 Å². The van der Waals surface area contributed by atoms with Crippen LogP contribution in [0, 0.1) is 10.1 Å². The fraction of sp³-hybridized carbons (Fsp3) is 0.417. The van der Waals surface area contributed by atoms with Crippen molar-refractivity contribution in [3.63, 3.8) is 0 Å². The third kappa shape index (κ3) is 3.03. The number of methoxy groups -OCH3 is 1. The Morgan fingerprint density at radius 1 is 1.38 bits per heavy atom. The summed E-state index contributed by atoms with van der Waals surface area (Å²) >= 11 is 0. The number of nitro groups is 1. The van der Waals surface area contributed by atoms with Crippen molar-refractivity contribution < 1.29 is 22.9 Å². The quantitative estimate of drug-likeness (QED) is 0.605. The lowest BCUT2D eigenvalue weighted by Crippen LogP contribution is -2.40. The van der Waals surface area contributed by atoms with Crippen molar-refractivity contribution >= 4 is 21.5 Å². The predicted octanol–water partition coefficient (Wildman–Crippen LogP) is 0.957. The van der Waals surface area contributed by atoms with E-state index in [2.05, 4.69) is 0 Å². The molecular formula is C12H14N2O6S. The lowest BCUT2D eigenvalue weighted by Gasteiger charge is -2.24. The van der Waals surface area contributed by atoms with Crippen LogP contribution in [0.2, 0.25) is 0 Å². The van der Waals surface area contributed by atoms with Crippen LogP contribution in [0.5, 0.6) is 5.75 Å². The van der Waals surface area contributed by atoms with Crippen LogP contribution in [0.3, 0.4) is 0 Å². The third-order valence-corrected chi connectivity index (χ3v) is 5.09. The van der Waals surface area contributed by atoms with Crippen molar-refractivity contribution in [3.8, 4) is 5.75 Å². The first-order chi connectivity index (χ1) is 9.86. The molecule has 0 N–H and O–H groups in total. The summed E-state index contributed by atoms with van der Waals surface area (Å²) < 4.78 is 30.8. The first-order valence-corrected chi connectivity index (χ1v) is 7.64. The monoisotopic (exact) mass is 314 g/mol. The van der Waals surface area contributed by atoms with Gasteiger partial charge in [0.15, 0.2) is 4.90 Å². The van der Waals surface area contributed by atoms with E-state index in [4.69, 9.17) is 4.74 Å². The molecule has 1 aliphatic rings. The minimum atomic E-state index is -4.08. The maximum absolute atomic E-state index is 12.5. The fourth-order valence-electron chi connectivity index (χ4n) is 2.14. The molecule has 1 saturated heterocycles. The second-order valence-corrected chi connectivity index (χ2v) is 6.48. The molecule has 9 heteroatoms. The number of Topliss-reactive ketones (excluding diaryl/α,β-unsaturated/α-hetero) is 1. The van der Waals surface area contributed by atoms with Gasteiger partial charge in [-0.1, -0.05) is 0 Å². The Morgan fingerprint density at radius 3 is 2.67 bits per heavy atom. The van der Waals surface area contributed by atoms with Crippen molar-refractivity contribution in [2.45, 2.75) is 17.7 Å². The van der Waals surface area contributed by atoms with Gasteiger partial charge in [0.1, 0.15) is 11.5 Å². The summed E-state index contributed by atoms with van der Waals surface area (Å²) in [7, 11) is -2.75. The minimum absolute atomic E-state index is 0.178. The minimum Gasteiger partial charge on any atom is -0.497 e. The normalized spacial score (nSPS) is 16.7. The number of ketones is 1. The number of hydrogen-bond acceptors (Lipinski definition) is 6. The van der Waals surface area contributed by atoms with Crippen molar-refractivity contribution in [2.75, 3.05) is 20.2 Å². The van der Waals surface area contributed by atoms with Crippen LogP contribution < -0.4 is 4.74 Å². The summed E-state index contributed by atoms with van der Waals surface area (Å²) in [4.78, 5) is 21.3. The highest BCUT2D eigenvalue weighted by Crippen LogP contribution is 2.31. The van der Waals surface area contributed by atoms with E-state index < -0.39 is 25.5 Å². The molecule has 8 nitrogen and oxygen atoms in total. The van der Waals surface area contributed by atoms with E-state index >= 15 is 0 Å². The Bertz CT molecular complexity index is 685. The first-order valence-electron chi connectivity index (χ1n) is 6.20. The molecule has 0 saturated carbocycles. The van der Waals surface area contributed by atoms with Gasteiger partial charge in [-0.15, -0.1) is 0 Å². The highest BCUT2D eigenvalue weighted by Gasteiger charge is 2.34. The van der Waals surface area contributed by atoms with Crippen LogP contribution in [0.1, 0.15) is 12.8 Å². The Hall–Kier alpha value is -2.00. The molecule has 0 amide bonds. The van der Waals surface area contributed by atoms with E-state index in [1.165, 1.54) is 13.2 Å². The number of piperidine rings is 1. The molecule has 0 bridgehead atoms. The molecule has 0 aliphatic carbocycles. The number of ether oxygens (including phenoxy) is 1. The Morgan fingerprint density at radius 2 is 2.10 bits per heavy atom. The van der Waals surface area contributed by atoms with Crippen molar-refractivity contribution in [1.82, 2.24) is 4.31 Å². The summed E-state index contributed by atoms with van der Waals surface area (Å²) in [6, 6.07) is 3.52. The SMILES string of the molecule is COc1ccc(S(=O)(=O)N2CCCC(=O)C2)c([N+](=O)[O-])c1. The van der Waals surface area contributed by atoms with Gasteiger partial charge in [-0.25, -0.2) is 8.42 Å². The molecule has 1 aromatic rings. The number of benzene rings is 1. The number of sulfonamides is 1. The van der Waals surface area contributed by atoms with E-state index in [9.17, 15) is 23.3 Å². The van der Waals surface area contributed by atoms with E-state index in [0.29, 0.717) is 12.8 Å². The molecule has 1 heterocycles. The Balaban J connectivity index is 2.48. The van der Waals surface area contributed by atoms with Crippen LogP contribution in [0.15, 0.2) is 23.1 Å². The zero-order valence-corrected chi connectivity index (χ0v) is 12.1. The van der Waals surface area contributed by atoms with Gasteiger partial charge in [0, 0.05) is 13.0 Å². The van der Waals surface area contributed by atoms with Crippen molar-refractivity contribution in [3.05, 3.63) is 28.3 Å². The molecule has 2 rings (SSSR count). The third-order valence-electron chi connectivity index (χ3n) is 3.20. The molecule has 0 spiro atoms. The van der Waals surface area contributed by atoms with Crippen LogP contribution in [0.25, 0.3) is 0 Å². The molecule has 0 aromatic heterocycles. The summed E-state index contributed by atoms with van der Waals surface area (Å²) in [5.74, 6) is -0.00337. The highest BCUT2D eigenvalue weighted by atomic mass is 32.2. The topological polar surface area (TPSA) is 107 Å². The number of hydrogen-bond donors (Lipinski definition) is 0. The van der Waals surface area contributed by atoms with E-state index in [1.54, 1.807) is 0 Å². The number of nitro benzene ring substituents is 1. The van der Waals surface area contributed by atoms with Gasteiger partial charge in [-0.3, -0.25) is 14.9 Å². The Kier molecular flexibility index (Phi) is 4.24. The fourth-order valence-corrected chi connectivity index (χ4v) is 3.74. The predicted molar refractivity (Wildman–Crippen MR) is 72.6 cm³/mol. The second-order valence-electron chi connectivity index (χ2n) is 4.57. The number of carbonyl (C=O) groups excluding carboxylic acids is 1. The molecular weight excluding hydrogens is 300 g/mol. The lowest BCUT2D eigenvalue weighted by atomic mass is 10.1. The van der Waals surface area contributed by atoms with Crippen molar-refractivity contribution in [2.24, 2.45) is 0 Å². The lowest BCUT2D eigenvalue weighted by molar-refractivity contribution is -0.387. The molecule has 1 aromatic carbocycles. The van der Waals surface area contributed by atoms with Crippen molar-refractivity contribution in [1.29, 1.82) is 0 Å². The summed E-state index contributed by atoms with van der Waals surface area (Å²) in [5, 5.41) is 11.1. The van der Waals surface area contributed by atoms with Gasteiger partial charge in [-0.05, 0) is 18.6 Å². The van der Waals surface area contributed by atoms with Crippen LogP contribution in [-0.2, 0) is 14.8 Å². The molecule has 0 atom stereocenters. The molecule has 0 unspecified atom stereocenters. The first kappa shape index (κ1) is 15.4. The highest BCUT2D eigenvalue weighted by molar-refractivity contribution is 7.89. The zero-order valence-electron chi connectivity index (χ0n) is 11.3. The number of carbonyl (C=O) groups is 1. The van der Waals surface area contributed by atoms with Gasteiger partial charge in [-0.2, -0.15) is 4.31 Å². The maximum Gasteiger partial charge on any atom is 0.293 e. The number of rotatable bonds is 4. The molecule has 1 fully saturated rings. The zero-order chi connectivity index (χ0) is 15.6. The molecule has 0 radical (unpaired) electrons. The largest absolute Gasteiger partial charge is 0.497 e. The number of nitrogens with zero attached hydrogens (tertiary/aromatic N) is 2. The van der Waals surface area contributed by atoms with Crippen LogP contribution in [-0.4, -0.2) is 43.6 Å². The molecule has 21 heavy (non-hydrogen) atoms. The van der Waals surface area contributed by atoms with Gasteiger partial charge in [0.05, 0.1) is 24.6 Å². The standard InChI is InChI=1S/C12H14N2O6S/c1-20-10-4-5-12(11(7-10)14(16)17)21(18,19)13-6-2-3-9(15)8-13/h4-5,7H,2-3,6,8H2,1H3. The van der Waals surface area contributed by atoms with Crippen LogP contribution >= 0.6 is 0 Å². The summed E-state index contributed by atoms with van der Waals surface area (Å²) in [6.45, 7) is -0.0667.